The van der Waals surface area contributed by atoms with Gasteiger partial charge < -0.3 is 20.3 Å². The highest BCUT2D eigenvalue weighted by Crippen LogP contribution is 2.14. The summed E-state index contributed by atoms with van der Waals surface area (Å²) in [6, 6.07) is 7.35. The molecule has 0 fully saturated rings. The summed E-state index contributed by atoms with van der Waals surface area (Å²) in [5, 5.41) is 17.8. The number of carbonyl (C=O) groups excluding carboxylic acids is 1. The molecule has 0 spiro atoms. The predicted molar refractivity (Wildman–Crippen MR) is 70.5 cm³/mol. The summed E-state index contributed by atoms with van der Waals surface area (Å²) in [6.45, 7) is 1.94. The number of benzene rings is 1. The van der Waals surface area contributed by atoms with E-state index in [0.29, 0.717) is 11.5 Å². The van der Waals surface area contributed by atoms with Gasteiger partial charge in [0.15, 0.2) is 0 Å². The van der Waals surface area contributed by atoms with E-state index in [1.807, 2.05) is 0 Å². The van der Waals surface area contributed by atoms with Crippen LogP contribution in [-0.2, 0) is 6.54 Å². The minimum atomic E-state index is -1.10. The summed E-state index contributed by atoms with van der Waals surface area (Å²) < 4.78 is 4.87. The normalized spacial score (nSPS) is 10.1. The van der Waals surface area contributed by atoms with Crippen LogP contribution in [0, 0.1) is 6.92 Å². The lowest BCUT2D eigenvalue weighted by atomic mass is 10.2. The molecular formula is C13H13N3O4. The zero-order valence-corrected chi connectivity index (χ0v) is 10.7. The predicted octanol–water partition coefficient (Wildman–Crippen LogP) is 2.00. The van der Waals surface area contributed by atoms with Crippen LogP contribution in [0.4, 0.5) is 10.5 Å². The molecule has 0 unspecified atom stereocenters. The number of hydrogen-bond acceptors (Lipinski definition) is 4. The van der Waals surface area contributed by atoms with Crippen molar-refractivity contribution in [3.05, 3.63) is 47.3 Å². The van der Waals surface area contributed by atoms with E-state index >= 15 is 0 Å². The minimum absolute atomic E-state index is 0.0277. The summed E-state index contributed by atoms with van der Waals surface area (Å²) in [6.07, 6.45) is 0. The third kappa shape index (κ3) is 3.35. The summed E-state index contributed by atoms with van der Waals surface area (Å²) in [5.41, 5.74) is 0.845. The molecule has 1 heterocycles. The van der Waals surface area contributed by atoms with Crippen LogP contribution >= 0.6 is 0 Å². The first-order valence-electron chi connectivity index (χ1n) is 5.85. The fourth-order valence-corrected chi connectivity index (χ4v) is 1.62. The van der Waals surface area contributed by atoms with Crippen LogP contribution in [0.1, 0.15) is 21.8 Å². The maximum atomic E-state index is 11.7. The molecule has 7 heteroatoms. The van der Waals surface area contributed by atoms with Crippen LogP contribution in [0.15, 0.2) is 34.9 Å². The third-order valence-electron chi connectivity index (χ3n) is 2.51. The summed E-state index contributed by atoms with van der Waals surface area (Å²) in [4.78, 5) is 22.7. The molecular weight excluding hydrogens is 262 g/mol. The van der Waals surface area contributed by atoms with Crippen molar-refractivity contribution in [3.63, 3.8) is 0 Å². The van der Waals surface area contributed by atoms with Crippen LogP contribution in [0.3, 0.4) is 0 Å². The first-order chi connectivity index (χ1) is 9.56. The Morgan fingerprint density at radius 1 is 1.35 bits per heavy atom. The Balaban J connectivity index is 1.96. The molecule has 0 aliphatic rings. The number of nitrogens with zero attached hydrogens (tertiary/aromatic N) is 1. The van der Waals surface area contributed by atoms with E-state index in [-0.39, 0.29) is 17.8 Å². The van der Waals surface area contributed by atoms with Gasteiger partial charge in [0, 0.05) is 6.07 Å². The number of rotatable bonds is 4. The standard InChI is InChI=1S/C13H13N3O4/c1-8-6-9(16-20-8)7-14-13(19)15-11-5-3-2-4-10(11)12(17)18/h2-6H,7H2,1H3,(H,17,18)(H2,14,15,19). The monoisotopic (exact) mass is 275 g/mol. The van der Waals surface area contributed by atoms with Crippen LogP contribution in [0.25, 0.3) is 0 Å². The molecule has 0 saturated heterocycles. The number of anilines is 1. The molecule has 3 N–H and O–H groups in total. The highest BCUT2D eigenvalue weighted by molar-refractivity contribution is 5.99. The SMILES string of the molecule is Cc1cc(CNC(=O)Nc2ccccc2C(=O)O)no1. The van der Waals surface area contributed by atoms with Gasteiger partial charge in [0.2, 0.25) is 0 Å². The molecule has 1 aromatic heterocycles. The number of aromatic carboxylic acids is 1. The Morgan fingerprint density at radius 3 is 2.75 bits per heavy atom. The van der Waals surface area contributed by atoms with Gasteiger partial charge in [-0.3, -0.25) is 0 Å². The molecule has 2 aromatic rings. The topological polar surface area (TPSA) is 104 Å². The van der Waals surface area contributed by atoms with Crippen molar-refractivity contribution in [3.8, 4) is 0 Å². The second-order valence-electron chi connectivity index (χ2n) is 4.09. The maximum absolute atomic E-state index is 11.7. The summed E-state index contributed by atoms with van der Waals surface area (Å²) >= 11 is 0. The van der Waals surface area contributed by atoms with Gasteiger partial charge in [-0.1, -0.05) is 17.3 Å². The summed E-state index contributed by atoms with van der Waals surface area (Å²) in [7, 11) is 0. The second kappa shape index (κ2) is 5.87. The first kappa shape index (κ1) is 13.6. The van der Waals surface area contributed by atoms with Gasteiger partial charge in [-0.05, 0) is 19.1 Å². The van der Waals surface area contributed by atoms with E-state index in [9.17, 15) is 9.59 Å². The zero-order chi connectivity index (χ0) is 14.5. The van der Waals surface area contributed by atoms with Crippen molar-refractivity contribution in [2.45, 2.75) is 13.5 Å². The van der Waals surface area contributed by atoms with E-state index in [1.54, 1.807) is 25.1 Å². The second-order valence-corrected chi connectivity index (χ2v) is 4.09. The quantitative estimate of drug-likeness (QED) is 0.791. The number of hydrogen-bond donors (Lipinski definition) is 3. The first-order valence-corrected chi connectivity index (χ1v) is 5.85. The Labute approximate surface area is 114 Å². The Bertz CT molecular complexity index is 636. The van der Waals surface area contributed by atoms with E-state index in [1.165, 1.54) is 12.1 Å². The number of carboxylic acids is 1. The molecule has 7 nitrogen and oxygen atoms in total. The van der Waals surface area contributed by atoms with Crippen molar-refractivity contribution in [2.24, 2.45) is 0 Å². The maximum Gasteiger partial charge on any atom is 0.337 e. The molecule has 1 aromatic carbocycles. The van der Waals surface area contributed by atoms with Crippen LogP contribution < -0.4 is 10.6 Å². The van der Waals surface area contributed by atoms with E-state index < -0.39 is 12.0 Å². The number of aryl methyl sites for hydroxylation is 1. The number of para-hydroxylation sites is 1. The van der Waals surface area contributed by atoms with Gasteiger partial charge in [0.05, 0.1) is 17.8 Å². The number of urea groups is 1. The van der Waals surface area contributed by atoms with Crippen LogP contribution in [-0.4, -0.2) is 22.3 Å². The lowest BCUT2D eigenvalue weighted by Crippen LogP contribution is -2.29. The number of aromatic nitrogens is 1. The number of nitrogens with one attached hydrogen (secondary N) is 2. The third-order valence-corrected chi connectivity index (χ3v) is 2.51. The summed E-state index contributed by atoms with van der Waals surface area (Å²) in [5.74, 6) is -0.452. The molecule has 0 bridgehead atoms. The van der Waals surface area contributed by atoms with Gasteiger partial charge in [-0.15, -0.1) is 0 Å². The molecule has 20 heavy (non-hydrogen) atoms. The molecule has 0 aliphatic heterocycles. The lowest BCUT2D eigenvalue weighted by molar-refractivity contribution is 0.0698. The van der Waals surface area contributed by atoms with Crippen LogP contribution in [0.5, 0.6) is 0 Å². The van der Waals surface area contributed by atoms with Gasteiger partial charge in [0.25, 0.3) is 0 Å². The fraction of sp³-hybridized carbons (Fsp3) is 0.154. The van der Waals surface area contributed by atoms with Crippen molar-refractivity contribution < 1.29 is 19.2 Å². The van der Waals surface area contributed by atoms with Gasteiger partial charge >= 0.3 is 12.0 Å². The highest BCUT2D eigenvalue weighted by Gasteiger charge is 2.11. The smallest absolute Gasteiger partial charge is 0.337 e. The molecule has 104 valence electrons. The molecule has 0 aliphatic carbocycles. The molecule has 2 amide bonds. The largest absolute Gasteiger partial charge is 0.478 e. The molecule has 0 radical (unpaired) electrons. The Hall–Kier alpha value is -2.83. The van der Waals surface area contributed by atoms with E-state index in [4.69, 9.17) is 9.63 Å². The average molecular weight is 275 g/mol. The minimum Gasteiger partial charge on any atom is -0.478 e. The molecule has 0 atom stereocenters. The van der Waals surface area contributed by atoms with Crippen molar-refractivity contribution in [1.82, 2.24) is 10.5 Å². The van der Waals surface area contributed by atoms with Crippen LogP contribution in [0.2, 0.25) is 0 Å². The van der Waals surface area contributed by atoms with Crippen molar-refractivity contribution >= 4 is 17.7 Å². The zero-order valence-electron chi connectivity index (χ0n) is 10.7. The molecule has 0 saturated carbocycles. The Kier molecular flexibility index (Phi) is 3.99. The van der Waals surface area contributed by atoms with Gasteiger partial charge in [-0.25, -0.2) is 9.59 Å². The van der Waals surface area contributed by atoms with Gasteiger partial charge in [-0.2, -0.15) is 0 Å². The number of carbonyl (C=O) groups is 2. The highest BCUT2D eigenvalue weighted by atomic mass is 16.5. The lowest BCUT2D eigenvalue weighted by Gasteiger charge is -2.08. The van der Waals surface area contributed by atoms with Crippen molar-refractivity contribution in [2.75, 3.05) is 5.32 Å². The van der Waals surface area contributed by atoms with E-state index in [2.05, 4.69) is 15.8 Å². The van der Waals surface area contributed by atoms with E-state index in [0.717, 1.165) is 0 Å². The fourth-order valence-electron chi connectivity index (χ4n) is 1.62. The van der Waals surface area contributed by atoms with Gasteiger partial charge in [0.1, 0.15) is 11.5 Å². The Morgan fingerprint density at radius 2 is 2.10 bits per heavy atom. The van der Waals surface area contributed by atoms with Crippen molar-refractivity contribution in [1.29, 1.82) is 0 Å². The number of carboxylic acid groups (broad SMARTS) is 1. The number of amides is 2. The average Bonchev–Trinajstić information content (AvgIpc) is 2.83. The molecule has 2 rings (SSSR count).